The van der Waals surface area contributed by atoms with Crippen molar-refractivity contribution in [3.8, 4) is 5.75 Å². The van der Waals surface area contributed by atoms with Gasteiger partial charge in [-0.25, -0.2) is 0 Å². The Balaban J connectivity index is 1.77. The average molecular weight is 291 g/mol. The molecule has 0 spiro atoms. The molecule has 0 aromatic heterocycles. The first-order valence-electron chi connectivity index (χ1n) is 7.72. The molecule has 0 amide bonds. The lowest BCUT2D eigenvalue weighted by Gasteiger charge is -2.34. The van der Waals surface area contributed by atoms with E-state index >= 15 is 0 Å². The molecule has 1 heterocycles. The number of hydrogen-bond acceptors (Lipinski definition) is 4. The van der Waals surface area contributed by atoms with Gasteiger partial charge in [-0.15, -0.1) is 0 Å². The fraction of sp³-hybridized carbons (Fsp3) is 0.588. The van der Waals surface area contributed by atoms with Gasteiger partial charge in [0.1, 0.15) is 18.5 Å². The molecule has 0 saturated carbocycles. The first-order valence-corrected chi connectivity index (χ1v) is 7.72. The Hall–Kier alpha value is -1.39. The van der Waals surface area contributed by atoms with E-state index in [4.69, 9.17) is 4.74 Å². The lowest BCUT2D eigenvalue weighted by molar-refractivity contribution is 0.0438. The summed E-state index contributed by atoms with van der Waals surface area (Å²) in [6.45, 7) is 5.76. The highest BCUT2D eigenvalue weighted by atomic mass is 16.5. The Labute approximate surface area is 126 Å². The Morgan fingerprint density at radius 2 is 2.10 bits per heavy atom. The number of aliphatic hydroxyl groups is 1. The maximum Gasteiger partial charge on any atom is 0.159 e. The average Bonchev–Trinajstić information content (AvgIpc) is 2.48. The summed E-state index contributed by atoms with van der Waals surface area (Å²) >= 11 is 0. The highest BCUT2D eigenvalue weighted by Crippen LogP contribution is 2.17. The zero-order valence-electron chi connectivity index (χ0n) is 12.9. The van der Waals surface area contributed by atoms with Crippen LogP contribution in [0.15, 0.2) is 24.3 Å². The van der Waals surface area contributed by atoms with Gasteiger partial charge in [0, 0.05) is 18.2 Å². The van der Waals surface area contributed by atoms with Gasteiger partial charge in [0.2, 0.25) is 0 Å². The molecule has 1 N–H and O–H groups in total. The summed E-state index contributed by atoms with van der Waals surface area (Å²) in [4.78, 5) is 13.5. The van der Waals surface area contributed by atoms with Gasteiger partial charge in [-0.2, -0.15) is 0 Å². The van der Waals surface area contributed by atoms with E-state index in [9.17, 15) is 9.90 Å². The van der Waals surface area contributed by atoms with Crippen molar-refractivity contribution in [2.45, 2.75) is 45.3 Å². The lowest BCUT2D eigenvalue weighted by Crippen LogP contribution is -2.43. The molecule has 116 valence electrons. The number of likely N-dealkylation sites (tertiary alicyclic amines) is 1. The van der Waals surface area contributed by atoms with Crippen molar-refractivity contribution in [3.63, 3.8) is 0 Å². The SMILES string of the molecule is CC(=O)c1ccc(OC[C@@H](O)CN2CCCC[C@@H]2C)cc1. The van der Waals surface area contributed by atoms with E-state index in [1.54, 1.807) is 31.2 Å². The van der Waals surface area contributed by atoms with Crippen LogP contribution in [-0.4, -0.2) is 47.6 Å². The molecule has 21 heavy (non-hydrogen) atoms. The van der Waals surface area contributed by atoms with E-state index in [0.717, 1.165) is 6.54 Å². The van der Waals surface area contributed by atoms with Gasteiger partial charge < -0.3 is 9.84 Å². The minimum Gasteiger partial charge on any atom is -0.491 e. The van der Waals surface area contributed by atoms with Gasteiger partial charge in [-0.05, 0) is 57.5 Å². The van der Waals surface area contributed by atoms with Crippen LogP contribution in [0.2, 0.25) is 0 Å². The van der Waals surface area contributed by atoms with Crippen LogP contribution in [-0.2, 0) is 0 Å². The molecule has 2 rings (SSSR count). The zero-order valence-corrected chi connectivity index (χ0v) is 12.9. The van der Waals surface area contributed by atoms with Crippen LogP contribution in [0.1, 0.15) is 43.5 Å². The van der Waals surface area contributed by atoms with Crippen molar-refractivity contribution in [3.05, 3.63) is 29.8 Å². The van der Waals surface area contributed by atoms with Crippen LogP contribution in [0.3, 0.4) is 0 Å². The quantitative estimate of drug-likeness (QED) is 0.818. The van der Waals surface area contributed by atoms with E-state index in [2.05, 4.69) is 11.8 Å². The summed E-state index contributed by atoms with van der Waals surface area (Å²) in [6, 6.07) is 7.58. The number of carbonyl (C=O) groups is 1. The minimum absolute atomic E-state index is 0.0423. The van der Waals surface area contributed by atoms with E-state index < -0.39 is 6.10 Å². The molecule has 1 fully saturated rings. The molecule has 0 aliphatic carbocycles. The minimum atomic E-state index is -0.488. The Morgan fingerprint density at radius 3 is 2.71 bits per heavy atom. The smallest absolute Gasteiger partial charge is 0.159 e. The Morgan fingerprint density at radius 1 is 1.38 bits per heavy atom. The van der Waals surface area contributed by atoms with Gasteiger partial charge >= 0.3 is 0 Å². The number of aliphatic hydroxyl groups excluding tert-OH is 1. The number of ether oxygens (including phenoxy) is 1. The molecule has 2 atom stereocenters. The molecular weight excluding hydrogens is 266 g/mol. The molecule has 0 radical (unpaired) electrons. The second kappa shape index (κ2) is 7.57. The molecule has 0 bridgehead atoms. The summed E-state index contributed by atoms with van der Waals surface area (Å²) in [5.74, 6) is 0.728. The number of Topliss-reactive ketones (excluding diaryl/α,β-unsaturated/α-hetero) is 1. The molecule has 1 saturated heterocycles. The van der Waals surface area contributed by atoms with Gasteiger partial charge in [0.25, 0.3) is 0 Å². The Kier molecular flexibility index (Phi) is 5.76. The maximum absolute atomic E-state index is 11.2. The molecule has 1 aliphatic heterocycles. The predicted octanol–water partition coefficient (Wildman–Crippen LogP) is 2.50. The standard InChI is InChI=1S/C17H25NO3/c1-13-5-3-4-10-18(13)11-16(20)12-21-17-8-6-15(7-9-17)14(2)19/h6-9,13,16,20H,3-5,10-12H2,1-2H3/t13-,16-/m0/s1. The first-order chi connectivity index (χ1) is 10.1. The fourth-order valence-electron chi connectivity index (χ4n) is 2.73. The monoisotopic (exact) mass is 291 g/mol. The van der Waals surface area contributed by atoms with Crippen molar-refractivity contribution < 1.29 is 14.6 Å². The second-order valence-corrected chi connectivity index (χ2v) is 5.89. The van der Waals surface area contributed by atoms with Crippen LogP contribution in [0, 0.1) is 0 Å². The summed E-state index contributed by atoms with van der Waals surface area (Å²) in [7, 11) is 0. The van der Waals surface area contributed by atoms with Crippen LogP contribution in [0.25, 0.3) is 0 Å². The number of β-amino-alcohol motifs (C(OH)–C–C–N with tert-alkyl or cyclic N) is 1. The highest BCUT2D eigenvalue weighted by Gasteiger charge is 2.20. The number of nitrogens with zero attached hydrogens (tertiary/aromatic N) is 1. The largest absolute Gasteiger partial charge is 0.491 e. The fourth-order valence-corrected chi connectivity index (χ4v) is 2.73. The van der Waals surface area contributed by atoms with Crippen LogP contribution >= 0.6 is 0 Å². The van der Waals surface area contributed by atoms with E-state index in [-0.39, 0.29) is 12.4 Å². The number of piperidine rings is 1. The van der Waals surface area contributed by atoms with Crippen LogP contribution in [0.4, 0.5) is 0 Å². The van der Waals surface area contributed by atoms with Gasteiger partial charge in [-0.1, -0.05) is 6.42 Å². The third-order valence-corrected chi connectivity index (χ3v) is 4.09. The third kappa shape index (κ3) is 4.83. The molecular formula is C17H25NO3. The summed E-state index contributed by atoms with van der Waals surface area (Å²) in [5, 5.41) is 10.1. The van der Waals surface area contributed by atoms with E-state index in [1.807, 2.05) is 0 Å². The summed E-state index contributed by atoms with van der Waals surface area (Å²) < 4.78 is 5.59. The number of benzene rings is 1. The predicted molar refractivity (Wildman–Crippen MR) is 82.8 cm³/mol. The zero-order chi connectivity index (χ0) is 15.2. The van der Waals surface area contributed by atoms with Crippen molar-refractivity contribution in [1.82, 2.24) is 4.90 Å². The molecule has 4 heteroatoms. The number of hydrogen-bond donors (Lipinski definition) is 1. The van der Waals surface area contributed by atoms with E-state index in [1.165, 1.54) is 19.3 Å². The van der Waals surface area contributed by atoms with Crippen molar-refractivity contribution in [2.24, 2.45) is 0 Å². The molecule has 1 aliphatic rings. The number of ketones is 1. The van der Waals surface area contributed by atoms with Crippen LogP contribution < -0.4 is 4.74 Å². The lowest BCUT2D eigenvalue weighted by atomic mass is 10.0. The molecule has 1 aromatic carbocycles. The number of rotatable bonds is 6. The summed E-state index contributed by atoms with van der Waals surface area (Å²) in [6.07, 6.45) is 3.22. The van der Waals surface area contributed by atoms with Crippen LogP contribution in [0.5, 0.6) is 5.75 Å². The first kappa shape index (κ1) is 16.0. The third-order valence-electron chi connectivity index (χ3n) is 4.09. The number of carbonyl (C=O) groups excluding carboxylic acids is 1. The topological polar surface area (TPSA) is 49.8 Å². The highest BCUT2D eigenvalue weighted by molar-refractivity contribution is 5.94. The Bertz CT molecular complexity index is 458. The molecule has 1 aromatic rings. The van der Waals surface area contributed by atoms with Gasteiger partial charge in [0.05, 0.1) is 0 Å². The van der Waals surface area contributed by atoms with E-state index in [0.29, 0.717) is 23.9 Å². The summed E-state index contributed by atoms with van der Waals surface area (Å²) in [5.41, 5.74) is 0.671. The van der Waals surface area contributed by atoms with Crippen molar-refractivity contribution in [2.75, 3.05) is 19.7 Å². The van der Waals surface area contributed by atoms with Gasteiger partial charge in [0.15, 0.2) is 5.78 Å². The maximum atomic E-state index is 11.2. The second-order valence-electron chi connectivity index (χ2n) is 5.89. The van der Waals surface area contributed by atoms with Crippen molar-refractivity contribution in [1.29, 1.82) is 0 Å². The molecule has 0 unspecified atom stereocenters. The molecule has 4 nitrogen and oxygen atoms in total. The van der Waals surface area contributed by atoms with Crippen molar-refractivity contribution >= 4 is 5.78 Å². The normalized spacial score (nSPS) is 21.0. The van der Waals surface area contributed by atoms with Gasteiger partial charge in [-0.3, -0.25) is 9.69 Å².